The van der Waals surface area contributed by atoms with Gasteiger partial charge >= 0.3 is 0 Å². The molecule has 31 heavy (non-hydrogen) atoms. The van der Waals surface area contributed by atoms with Crippen LogP contribution in [0.15, 0.2) is 53.9 Å². The van der Waals surface area contributed by atoms with Crippen LogP contribution in [0.1, 0.15) is 19.8 Å². The summed E-state index contributed by atoms with van der Waals surface area (Å²) >= 11 is 0. The van der Waals surface area contributed by atoms with Gasteiger partial charge in [0.25, 0.3) is 0 Å². The van der Waals surface area contributed by atoms with Crippen molar-refractivity contribution in [3.05, 3.63) is 54.7 Å². The van der Waals surface area contributed by atoms with Gasteiger partial charge in [0, 0.05) is 45.0 Å². The van der Waals surface area contributed by atoms with Gasteiger partial charge in [-0.05, 0) is 44.0 Å². The smallest absolute Gasteiger partial charge is 0.191 e. The number of aliphatic imine (C=N–C) groups is 1. The van der Waals surface area contributed by atoms with Gasteiger partial charge in [-0.3, -0.25) is 4.99 Å². The first-order valence-electron chi connectivity index (χ1n) is 10.5. The molecule has 2 aromatic heterocycles. The summed E-state index contributed by atoms with van der Waals surface area (Å²) in [6, 6.07) is 11.4. The Balaban J connectivity index is 0.00000272. The predicted octanol–water partition coefficient (Wildman–Crippen LogP) is 3.41. The molecule has 1 atom stereocenters. The minimum atomic E-state index is -0.272. The molecule has 9 heteroatoms. The SMILES string of the molecule is CCNC(=NCCCn1cnc2ccccc21)NC1CCN(c2ncccc2F)C1.I. The lowest BCUT2D eigenvalue weighted by molar-refractivity contribution is 0.612. The highest BCUT2D eigenvalue weighted by Crippen LogP contribution is 2.20. The Bertz CT molecular complexity index is 1010. The quantitative estimate of drug-likeness (QED) is 0.209. The van der Waals surface area contributed by atoms with Crippen LogP contribution in [0.4, 0.5) is 10.2 Å². The van der Waals surface area contributed by atoms with Crippen LogP contribution in [0.25, 0.3) is 11.0 Å². The maximum Gasteiger partial charge on any atom is 0.191 e. The van der Waals surface area contributed by atoms with E-state index in [1.807, 2.05) is 29.4 Å². The van der Waals surface area contributed by atoms with Gasteiger partial charge in [-0.2, -0.15) is 0 Å². The Kier molecular flexibility index (Phi) is 8.44. The van der Waals surface area contributed by atoms with Gasteiger partial charge in [0.15, 0.2) is 17.6 Å². The third kappa shape index (κ3) is 5.84. The molecule has 2 N–H and O–H groups in total. The molecule has 166 valence electrons. The number of guanidine groups is 1. The minimum Gasteiger partial charge on any atom is -0.357 e. The zero-order valence-electron chi connectivity index (χ0n) is 17.7. The van der Waals surface area contributed by atoms with Crippen molar-refractivity contribution in [3.8, 4) is 0 Å². The third-order valence-electron chi connectivity index (χ3n) is 5.27. The van der Waals surface area contributed by atoms with Gasteiger partial charge < -0.3 is 20.1 Å². The van der Waals surface area contributed by atoms with Crippen molar-refractivity contribution < 1.29 is 4.39 Å². The highest BCUT2D eigenvalue weighted by atomic mass is 127. The van der Waals surface area contributed by atoms with Crippen LogP contribution in [-0.2, 0) is 6.54 Å². The monoisotopic (exact) mass is 537 g/mol. The van der Waals surface area contributed by atoms with E-state index in [2.05, 4.69) is 38.2 Å². The van der Waals surface area contributed by atoms with E-state index in [0.29, 0.717) is 18.9 Å². The molecule has 0 amide bonds. The summed E-state index contributed by atoms with van der Waals surface area (Å²) in [4.78, 5) is 15.3. The van der Waals surface area contributed by atoms with Crippen molar-refractivity contribution in [1.29, 1.82) is 0 Å². The number of anilines is 1. The van der Waals surface area contributed by atoms with Gasteiger partial charge in [-0.1, -0.05) is 12.1 Å². The number of pyridine rings is 1. The molecule has 4 rings (SSSR count). The van der Waals surface area contributed by atoms with Gasteiger partial charge in [0.2, 0.25) is 0 Å². The molecule has 0 spiro atoms. The van der Waals surface area contributed by atoms with Crippen molar-refractivity contribution in [3.63, 3.8) is 0 Å². The van der Waals surface area contributed by atoms with Crippen LogP contribution in [0, 0.1) is 5.82 Å². The number of fused-ring (bicyclic) bond motifs is 1. The first kappa shape index (κ1) is 23.2. The molecule has 1 saturated heterocycles. The standard InChI is InChI=1S/C22H28FN7.HI/c1-2-24-22(26-12-6-13-30-16-27-19-8-3-4-9-20(19)30)28-17-10-14-29(15-17)21-18(23)7-5-11-25-21;/h3-5,7-9,11,16-17H,2,6,10,12-15H2,1H3,(H2,24,26,28);1H. The molecule has 1 aromatic carbocycles. The molecule has 7 nitrogen and oxygen atoms in total. The molecule has 0 radical (unpaired) electrons. The molecule has 0 aliphatic carbocycles. The average Bonchev–Trinajstić information content (AvgIpc) is 3.39. The van der Waals surface area contributed by atoms with Crippen LogP contribution < -0.4 is 15.5 Å². The predicted molar refractivity (Wildman–Crippen MR) is 134 cm³/mol. The zero-order valence-corrected chi connectivity index (χ0v) is 20.0. The van der Waals surface area contributed by atoms with Crippen molar-refractivity contribution in [2.45, 2.75) is 32.4 Å². The molecular weight excluding hydrogens is 508 g/mol. The number of aromatic nitrogens is 3. The minimum absolute atomic E-state index is 0. The number of rotatable bonds is 7. The fourth-order valence-corrected chi connectivity index (χ4v) is 3.81. The number of halogens is 2. The number of imidazole rings is 1. The second-order valence-corrected chi connectivity index (χ2v) is 7.43. The van der Waals surface area contributed by atoms with E-state index in [9.17, 15) is 4.39 Å². The normalized spacial score (nSPS) is 16.4. The maximum atomic E-state index is 14.0. The van der Waals surface area contributed by atoms with Crippen molar-refractivity contribution in [2.24, 2.45) is 4.99 Å². The number of aryl methyl sites for hydroxylation is 1. The summed E-state index contributed by atoms with van der Waals surface area (Å²) < 4.78 is 16.2. The lowest BCUT2D eigenvalue weighted by Gasteiger charge is -2.20. The van der Waals surface area contributed by atoms with Crippen molar-refractivity contribution >= 4 is 46.8 Å². The van der Waals surface area contributed by atoms with E-state index in [0.717, 1.165) is 49.5 Å². The number of nitrogens with one attached hydrogen (secondary N) is 2. The van der Waals surface area contributed by atoms with Gasteiger partial charge in [-0.15, -0.1) is 24.0 Å². The van der Waals surface area contributed by atoms with Crippen LogP contribution in [0.5, 0.6) is 0 Å². The number of benzene rings is 1. The first-order valence-corrected chi connectivity index (χ1v) is 10.5. The molecule has 1 aliphatic heterocycles. The van der Waals surface area contributed by atoms with E-state index in [1.54, 1.807) is 12.3 Å². The van der Waals surface area contributed by atoms with E-state index in [4.69, 9.17) is 4.99 Å². The first-order chi connectivity index (χ1) is 14.7. The van der Waals surface area contributed by atoms with E-state index in [-0.39, 0.29) is 35.8 Å². The molecule has 1 fully saturated rings. The lowest BCUT2D eigenvalue weighted by Crippen LogP contribution is -2.44. The molecule has 3 aromatic rings. The summed E-state index contributed by atoms with van der Waals surface area (Å²) in [6.45, 7) is 5.92. The molecule has 1 aliphatic rings. The molecule has 3 heterocycles. The highest BCUT2D eigenvalue weighted by Gasteiger charge is 2.25. The summed E-state index contributed by atoms with van der Waals surface area (Å²) in [7, 11) is 0. The Morgan fingerprint density at radius 3 is 2.94 bits per heavy atom. The van der Waals surface area contributed by atoms with Crippen LogP contribution >= 0.6 is 24.0 Å². The summed E-state index contributed by atoms with van der Waals surface area (Å²) in [5, 5.41) is 6.80. The maximum absolute atomic E-state index is 14.0. The number of para-hydroxylation sites is 2. The summed E-state index contributed by atoms with van der Waals surface area (Å²) in [6.07, 6.45) is 5.37. The Hall–Kier alpha value is -2.43. The average molecular weight is 537 g/mol. The number of hydrogen-bond acceptors (Lipinski definition) is 4. The molecule has 0 saturated carbocycles. The fraction of sp³-hybridized carbons (Fsp3) is 0.409. The van der Waals surface area contributed by atoms with E-state index >= 15 is 0 Å². The summed E-state index contributed by atoms with van der Waals surface area (Å²) in [5.41, 5.74) is 2.17. The van der Waals surface area contributed by atoms with Crippen LogP contribution in [-0.4, -0.2) is 52.7 Å². The van der Waals surface area contributed by atoms with Gasteiger partial charge in [-0.25, -0.2) is 14.4 Å². The largest absolute Gasteiger partial charge is 0.357 e. The third-order valence-corrected chi connectivity index (χ3v) is 5.27. The number of hydrogen-bond donors (Lipinski definition) is 2. The zero-order chi connectivity index (χ0) is 20.8. The fourth-order valence-electron chi connectivity index (χ4n) is 3.81. The van der Waals surface area contributed by atoms with Crippen LogP contribution in [0.2, 0.25) is 0 Å². The van der Waals surface area contributed by atoms with E-state index in [1.165, 1.54) is 6.07 Å². The van der Waals surface area contributed by atoms with Crippen molar-refractivity contribution in [2.75, 3.05) is 31.1 Å². The van der Waals surface area contributed by atoms with E-state index < -0.39 is 0 Å². The molecule has 1 unspecified atom stereocenters. The molecule has 0 bridgehead atoms. The summed E-state index contributed by atoms with van der Waals surface area (Å²) in [5.74, 6) is 0.961. The highest BCUT2D eigenvalue weighted by molar-refractivity contribution is 14.0. The Morgan fingerprint density at radius 1 is 1.23 bits per heavy atom. The van der Waals surface area contributed by atoms with Crippen LogP contribution in [0.3, 0.4) is 0 Å². The van der Waals surface area contributed by atoms with Gasteiger partial charge in [0.05, 0.1) is 17.4 Å². The van der Waals surface area contributed by atoms with Crippen molar-refractivity contribution in [1.82, 2.24) is 25.2 Å². The second-order valence-electron chi connectivity index (χ2n) is 7.43. The van der Waals surface area contributed by atoms with Gasteiger partial charge in [0.1, 0.15) is 0 Å². The Morgan fingerprint density at radius 2 is 2.10 bits per heavy atom. The number of nitrogens with zero attached hydrogens (tertiary/aromatic N) is 5. The molecular formula is C22H29FIN7. The topological polar surface area (TPSA) is 70.4 Å². The second kappa shape index (κ2) is 11.3. The lowest BCUT2D eigenvalue weighted by atomic mass is 10.3. The Labute approximate surface area is 199 Å².